The van der Waals surface area contributed by atoms with Gasteiger partial charge in [0.25, 0.3) is 0 Å². The van der Waals surface area contributed by atoms with Crippen molar-refractivity contribution in [3.63, 3.8) is 0 Å². The monoisotopic (exact) mass is 1250 g/mol. The molecule has 1 saturated carbocycles. The normalized spacial score (nSPS) is 15.4. The van der Waals surface area contributed by atoms with Crippen molar-refractivity contribution in [2.24, 2.45) is 34.5 Å². The smallest absolute Gasteiger partial charge is 0.305 e. The van der Waals surface area contributed by atoms with E-state index in [1.54, 1.807) is 64.3 Å². The Morgan fingerprint density at radius 2 is 1.19 bits per heavy atom. The maximum atomic E-state index is 11.7. The number of ether oxygens (including phenoxy) is 4. The molecule has 0 aliphatic heterocycles. The molecule has 496 valence electrons. The Hall–Kier alpha value is -3.56. The maximum Gasteiger partial charge on any atom is 0.305 e. The quantitative estimate of drug-likeness (QED) is 0.0493. The molecule has 1 N–H and O–H groups in total. The lowest BCUT2D eigenvalue weighted by Gasteiger charge is -2.50. The number of sulfonamides is 1. The van der Waals surface area contributed by atoms with E-state index < -0.39 is 10.0 Å². The summed E-state index contributed by atoms with van der Waals surface area (Å²) < 4.78 is 46.1. The van der Waals surface area contributed by atoms with Crippen LogP contribution in [-0.2, 0) is 38.6 Å². The number of thioether (sulfide) groups is 2. The number of rotatable bonds is 25. The van der Waals surface area contributed by atoms with Gasteiger partial charge < -0.3 is 23.8 Å². The number of hydrogen-bond acceptors (Lipinski definition) is 11. The minimum atomic E-state index is -3.30. The molecule has 85 heavy (non-hydrogen) atoms. The predicted octanol–water partition coefficient (Wildman–Crippen LogP) is 19.5. The summed E-state index contributed by atoms with van der Waals surface area (Å²) in [5.41, 5.74) is 1.42. The van der Waals surface area contributed by atoms with Gasteiger partial charge in [-0.05, 0) is 136 Å². The van der Waals surface area contributed by atoms with E-state index in [1.807, 2.05) is 86.0 Å². The van der Waals surface area contributed by atoms with Crippen LogP contribution in [0.25, 0.3) is 0 Å². The van der Waals surface area contributed by atoms with Gasteiger partial charge in [0, 0.05) is 72.3 Å². The molecule has 3 atom stereocenters. The van der Waals surface area contributed by atoms with Gasteiger partial charge in [-0.2, -0.15) is 11.8 Å². The molecule has 14 heteroatoms. The number of amides is 1. The second-order valence-corrected chi connectivity index (χ2v) is 27.6. The number of carbonyl (C=O) groups is 3. The molecule has 3 aromatic rings. The van der Waals surface area contributed by atoms with Gasteiger partial charge in [-0.15, -0.1) is 11.8 Å². The summed E-state index contributed by atoms with van der Waals surface area (Å²) in [6.45, 7) is 38.9. The lowest BCUT2D eigenvalue weighted by Crippen LogP contribution is -2.49. The van der Waals surface area contributed by atoms with Crippen LogP contribution in [0.5, 0.6) is 5.75 Å². The van der Waals surface area contributed by atoms with Crippen molar-refractivity contribution in [2.45, 2.75) is 236 Å². The fourth-order valence-corrected chi connectivity index (χ4v) is 10.9. The Morgan fingerprint density at radius 1 is 0.682 bits per heavy atom. The minimum Gasteiger partial charge on any atom is -0.497 e. The second kappa shape index (κ2) is 55.7. The van der Waals surface area contributed by atoms with Gasteiger partial charge in [0.05, 0.1) is 18.6 Å². The third-order valence-electron chi connectivity index (χ3n) is 13.9. The molecular formula is C71H130N2O9S3. The van der Waals surface area contributed by atoms with Gasteiger partial charge in [0.2, 0.25) is 15.9 Å². The summed E-state index contributed by atoms with van der Waals surface area (Å²) in [6.07, 6.45) is 22.0. The molecule has 3 unspecified atom stereocenters. The molecule has 0 heterocycles. The first-order valence-corrected chi connectivity index (χ1v) is 36.0. The number of carbonyl (C=O) groups excluding carboxylic acids is 3. The van der Waals surface area contributed by atoms with Crippen molar-refractivity contribution in [3.05, 3.63) is 90.5 Å². The number of aryl methyl sites for hydroxylation is 1. The van der Waals surface area contributed by atoms with Crippen LogP contribution < -0.4 is 9.46 Å². The molecule has 1 amide bonds. The van der Waals surface area contributed by atoms with Crippen LogP contribution in [0.4, 0.5) is 0 Å². The Kier molecular flexibility index (Phi) is 57.6. The van der Waals surface area contributed by atoms with Crippen molar-refractivity contribution in [1.82, 2.24) is 9.62 Å². The van der Waals surface area contributed by atoms with E-state index in [-0.39, 0.29) is 36.2 Å². The van der Waals surface area contributed by atoms with Gasteiger partial charge in [-0.25, -0.2) is 13.1 Å². The molecular weight excluding hydrogens is 1120 g/mol. The van der Waals surface area contributed by atoms with Crippen LogP contribution in [0.1, 0.15) is 221 Å². The number of benzene rings is 3. The van der Waals surface area contributed by atoms with E-state index in [0.29, 0.717) is 48.1 Å². The van der Waals surface area contributed by atoms with E-state index in [4.69, 9.17) is 14.2 Å². The molecule has 0 radical (unpaired) electrons. The molecule has 1 aliphatic rings. The number of esters is 2. The number of para-hydroxylation sites is 1. The highest BCUT2D eigenvalue weighted by Crippen LogP contribution is 2.49. The highest BCUT2D eigenvalue weighted by atomic mass is 32.2. The molecule has 4 rings (SSSR count). The number of nitrogens with one attached hydrogen (secondary N) is 1. The average Bonchev–Trinajstić information content (AvgIpc) is 1.36. The first-order chi connectivity index (χ1) is 40.1. The van der Waals surface area contributed by atoms with Crippen molar-refractivity contribution in [3.8, 4) is 5.75 Å². The molecule has 3 aromatic carbocycles. The third-order valence-corrected chi connectivity index (χ3v) is 16.8. The molecule has 1 aliphatic carbocycles. The summed E-state index contributed by atoms with van der Waals surface area (Å²) in [6, 6.07) is 26.9. The Labute approximate surface area is 534 Å². The number of nitrogens with zero attached hydrogens (tertiary/aromatic N) is 1. The lowest BCUT2D eigenvalue weighted by atomic mass is 9.59. The zero-order valence-electron chi connectivity index (χ0n) is 58.2. The first kappa shape index (κ1) is 87.9. The SMILES string of the molecule is CC(=O)OC1C(C(C)(C)C)CC(C)CC1C(C)(C)C.CCCCC(CC)COC(=O)CCC.CCCCCN(CCC)C(C)=O.CCCCNS(=O)(=O)c1ccc(C)cc1.CCCCSC.COC.COc1ccccc1.CSc1ccccc1.[HH]. The number of unbranched alkanes of at least 4 members (excludes halogenated alkanes) is 5. The van der Waals surface area contributed by atoms with Crippen LogP contribution in [0.15, 0.2) is 94.7 Å². The topological polar surface area (TPSA) is 138 Å². The zero-order chi connectivity index (χ0) is 65.7. The molecule has 1 fully saturated rings. The molecule has 0 saturated heterocycles. The summed E-state index contributed by atoms with van der Waals surface area (Å²) in [5, 5.41) is 0. The highest BCUT2D eigenvalue weighted by molar-refractivity contribution is 7.98. The number of methoxy groups -OCH3 is 2. The Balaban J connectivity index is -0.000000301. The van der Waals surface area contributed by atoms with Gasteiger partial charge >= 0.3 is 11.9 Å². The van der Waals surface area contributed by atoms with Crippen LogP contribution in [0.3, 0.4) is 0 Å². The van der Waals surface area contributed by atoms with Crippen LogP contribution in [0, 0.1) is 41.4 Å². The fourth-order valence-electron chi connectivity index (χ4n) is 8.78. The summed E-state index contributed by atoms with van der Waals surface area (Å²) >= 11 is 3.70. The fraction of sp³-hybridized carbons (Fsp3) is 0.704. The third kappa shape index (κ3) is 50.1. The largest absolute Gasteiger partial charge is 0.497 e. The summed E-state index contributed by atoms with van der Waals surface area (Å²) in [7, 11) is 1.61. The Morgan fingerprint density at radius 3 is 1.55 bits per heavy atom. The molecule has 0 bridgehead atoms. The predicted molar refractivity (Wildman–Crippen MR) is 372 cm³/mol. The molecule has 0 spiro atoms. The van der Waals surface area contributed by atoms with Crippen LogP contribution in [-0.4, -0.2) is 103 Å². The summed E-state index contributed by atoms with van der Waals surface area (Å²) in [4.78, 5) is 37.3. The van der Waals surface area contributed by atoms with E-state index in [0.717, 1.165) is 75.8 Å². The first-order valence-electron chi connectivity index (χ1n) is 31.9. The van der Waals surface area contributed by atoms with Gasteiger partial charge in [-0.3, -0.25) is 14.4 Å². The van der Waals surface area contributed by atoms with Crippen molar-refractivity contribution in [1.29, 1.82) is 0 Å². The van der Waals surface area contributed by atoms with E-state index in [9.17, 15) is 22.8 Å². The molecule has 0 aromatic heterocycles. The van der Waals surface area contributed by atoms with E-state index >= 15 is 0 Å². The maximum absolute atomic E-state index is 11.7. The van der Waals surface area contributed by atoms with Crippen molar-refractivity contribution >= 4 is 51.4 Å². The highest BCUT2D eigenvalue weighted by Gasteiger charge is 2.47. The van der Waals surface area contributed by atoms with Crippen molar-refractivity contribution < 1.29 is 43.2 Å². The van der Waals surface area contributed by atoms with Gasteiger partial charge in [0.1, 0.15) is 11.9 Å². The lowest BCUT2D eigenvalue weighted by molar-refractivity contribution is -0.166. The zero-order valence-corrected chi connectivity index (χ0v) is 60.6. The standard InChI is InChI=1S/C17H32O2.C12H24O2.C11H17NO2S.C10H21NO.C7H8O.C7H8S.C5H12S.C2H6O.H2/c1-11-9-13(16(3,4)5)15(19-12(2)18)14(10-11)17(6,7)8;1-4-7-9-11(6-3)10-14-12(13)8-5-2;1-3-4-9-12-15(13,14)11-7-5-10(2)6-8-11;1-4-6-7-9-11(8-5-2)10(3)12;2*1-8-7-5-3-2-4-6-7;1-3-4-5-6-2;1-3-2;/h11,13-15H,9-10H2,1-8H3;11H,4-10H2,1-3H3;5-8,12H,3-4,9H2,1-2H3;4-9H2,1-3H3;2*2-6H,1H3;3-5H2,1-2H3;1-2H3;1H. The Bertz CT molecular complexity index is 2040. The summed E-state index contributed by atoms with van der Waals surface area (Å²) in [5.74, 6) is 4.45. The number of hydrogen-bond donors (Lipinski definition) is 1. The van der Waals surface area contributed by atoms with Crippen molar-refractivity contribution in [2.75, 3.05) is 65.8 Å². The van der Waals surface area contributed by atoms with Crippen LogP contribution in [0.2, 0.25) is 0 Å². The minimum absolute atomic E-state index is 0. The van der Waals surface area contributed by atoms with Gasteiger partial charge in [0.15, 0.2) is 0 Å². The van der Waals surface area contributed by atoms with E-state index in [2.05, 4.69) is 117 Å². The average molecular weight is 1250 g/mol. The molecule has 11 nitrogen and oxygen atoms in total. The van der Waals surface area contributed by atoms with E-state index in [1.165, 1.54) is 62.5 Å². The second-order valence-electron chi connectivity index (χ2n) is 24.0. The van der Waals surface area contributed by atoms with Crippen LogP contribution >= 0.6 is 23.5 Å². The van der Waals surface area contributed by atoms with Gasteiger partial charge in [-0.1, -0.05) is 196 Å².